The molecule has 0 radical (unpaired) electrons. The number of anilines is 1. The fourth-order valence-electron chi connectivity index (χ4n) is 2.04. The normalized spacial score (nSPS) is 16.3. The van der Waals surface area contributed by atoms with E-state index in [4.69, 9.17) is 0 Å². The summed E-state index contributed by atoms with van der Waals surface area (Å²) in [6.07, 6.45) is 3.51. The second-order valence-corrected chi connectivity index (χ2v) is 6.19. The maximum Gasteiger partial charge on any atom is 0.236 e. The zero-order chi connectivity index (χ0) is 12.6. The van der Waals surface area contributed by atoms with Gasteiger partial charge < -0.3 is 5.32 Å². The van der Waals surface area contributed by atoms with Gasteiger partial charge in [-0.3, -0.25) is 4.79 Å². The molecular weight excluding hydrogens is 312 g/mol. The van der Waals surface area contributed by atoms with E-state index in [0.29, 0.717) is 5.13 Å². The molecule has 1 fully saturated rings. The zero-order valence-corrected chi connectivity index (χ0v) is 11.9. The van der Waals surface area contributed by atoms with Crippen LogP contribution in [0.3, 0.4) is 0 Å². The molecule has 0 unspecified atom stereocenters. The lowest BCUT2D eigenvalue weighted by Crippen LogP contribution is -2.27. The van der Waals surface area contributed by atoms with E-state index in [1.807, 2.05) is 29.6 Å². The van der Waals surface area contributed by atoms with Crippen LogP contribution in [0.25, 0.3) is 0 Å². The van der Waals surface area contributed by atoms with Gasteiger partial charge in [-0.25, -0.2) is 4.98 Å². The van der Waals surface area contributed by atoms with Crippen molar-refractivity contribution in [2.75, 3.05) is 5.32 Å². The molecule has 2 aromatic rings. The highest BCUT2D eigenvalue weighted by molar-refractivity contribution is 9.10. The second-order valence-electron chi connectivity index (χ2n) is 4.38. The number of hydrogen-bond acceptors (Lipinski definition) is 3. The molecule has 1 aliphatic rings. The van der Waals surface area contributed by atoms with Crippen LogP contribution in [0.1, 0.15) is 18.4 Å². The molecule has 1 heterocycles. The van der Waals surface area contributed by atoms with Crippen molar-refractivity contribution in [2.24, 2.45) is 0 Å². The Bertz CT molecular complexity index is 561. The Hall–Kier alpha value is -1.20. The lowest BCUT2D eigenvalue weighted by Gasteiger charge is -2.14. The molecule has 0 spiro atoms. The van der Waals surface area contributed by atoms with E-state index < -0.39 is 0 Å². The molecule has 1 amide bonds. The molecule has 1 N–H and O–H groups in total. The molecule has 92 valence electrons. The van der Waals surface area contributed by atoms with Crippen molar-refractivity contribution in [3.8, 4) is 0 Å². The Labute approximate surface area is 117 Å². The number of thiazole rings is 1. The molecule has 18 heavy (non-hydrogen) atoms. The van der Waals surface area contributed by atoms with Gasteiger partial charge in [0.2, 0.25) is 5.91 Å². The number of amides is 1. The number of carbonyl (C=O) groups excluding carboxylic acids is 1. The van der Waals surface area contributed by atoms with Gasteiger partial charge in [-0.2, -0.15) is 0 Å². The topological polar surface area (TPSA) is 42.0 Å². The Morgan fingerprint density at radius 1 is 1.33 bits per heavy atom. The van der Waals surface area contributed by atoms with E-state index in [9.17, 15) is 4.79 Å². The van der Waals surface area contributed by atoms with Gasteiger partial charge >= 0.3 is 0 Å². The van der Waals surface area contributed by atoms with Crippen LogP contribution in [-0.4, -0.2) is 10.9 Å². The highest BCUT2D eigenvalue weighted by atomic mass is 79.9. The fourth-order valence-corrected chi connectivity index (χ4v) is 2.83. The van der Waals surface area contributed by atoms with Gasteiger partial charge in [-0.15, -0.1) is 11.3 Å². The third-order valence-corrected chi connectivity index (χ3v) is 4.45. The molecule has 0 bridgehead atoms. The third kappa shape index (κ3) is 2.08. The summed E-state index contributed by atoms with van der Waals surface area (Å²) in [4.78, 5) is 16.4. The van der Waals surface area contributed by atoms with Crippen molar-refractivity contribution < 1.29 is 4.79 Å². The lowest BCUT2D eigenvalue weighted by atomic mass is 9.95. The summed E-state index contributed by atoms with van der Waals surface area (Å²) in [5, 5.41) is 5.42. The Balaban J connectivity index is 1.82. The number of carbonyl (C=O) groups is 1. The molecule has 1 aromatic carbocycles. The van der Waals surface area contributed by atoms with E-state index in [-0.39, 0.29) is 11.3 Å². The fraction of sp³-hybridized carbons (Fsp3) is 0.231. The second kappa shape index (κ2) is 4.48. The molecule has 1 aromatic heterocycles. The first-order valence-electron chi connectivity index (χ1n) is 5.68. The average Bonchev–Trinajstić information content (AvgIpc) is 3.03. The lowest BCUT2D eigenvalue weighted by molar-refractivity contribution is -0.118. The van der Waals surface area contributed by atoms with E-state index >= 15 is 0 Å². The Kier molecular flexibility index (Phi) is 2.95. The van der Waals surface area contributed by atoms with Crippen LogP contribution < -0.4 is 5.32 Å². The van der Waals surface area contributed by atoms with Crippen molar-refractivity contribution in [2.45, 2.75) is 18.3 Å². The predicted molar refractivity (Wildman–Crippen MR) is 75.8 cm³/mol. The highest BCUT2D eigenvalue weighted by Crippen LogP contribution is 2.49. The van der Waals surface area contributed by atoms with Gasteiger partial charge in [-0.05, 0) is 30.5 Å². The molecule has 0 saturated heterocycles. The Morgan fingerprint density at radius 3 is 2.61 bits per heavy atom. The molecule has 0 atom stereocenters. The smallest absolute Gasteiger partial charge is 0.236 e. The summed E-state index contributed by atoms with van der Waals surface area (Å²) in [6.45, 7) is 0. The first-order valence-corrected chi connectivity index (χ1v) is 7.35. The number of benzene rings is 1. The van der Waals surface area contributed by atoms with Crippen molar-refractivity contribution in [3.63, 3.8) is 0 Å². The zero-order valence-electron chi connectivity index (χ0n) is 9.52. The van der Waals surface area contributed by atoms with Gasteiger partial charge in [0.05, 0.1) is 5.41 Å². The molecule has 1 aliphatic carbocycles. The first kappa shape index (κ1) is 11.9. The molecule has 1 saturated carbocycles. The summed E-state index contributed by atoms with van der Waals surface area (Å²) in [5.41, 5.74) is 0.742. The van der Waals surface area contributed by atoms with Gasteiger partial charge in [0.1, 0.15) is 0 Å². The predicted octanol–water partition coefficient (Wildman–Crippen LogP) is 3.58. The van der Waals surface area contributed by atoms with Crippen LogP contribution in [-0.2, 0) is 10.2 Å². The Morgan fingerprint density at radius 2 is 2.06 bits per heavy atom. The standard InChI is InChI=1S/C13H11BrN2OS/c14-10-3-1-9(2-4-10)13(5-6-13)11(17)16-12-15-7-8-18-12/h1-4,7-8H,5-6H2,(H,15,16,17). The summed E-state index contributed by atoms with van der Waals surface area (Å²) < 4.78 is 1.03. The molecule has 0 aliphatic heterocycles. The minimum Gasteiger partial charge on any atom is -0.301 e. The van der Waals surface area contributed by atoms with Crippen LogP contribution in [0.15, 0.2) is 40.3 Å². The van der Waals surface area contributed by atoms with Crippen molar-refractivity contribution in [3.05, 3.63) is 45.9 Å². The first-order chi connectivity index (χ1) is 8.71. The van der Waals surface area contributed by atoms with Gasteiger partial charge in [0, 0.05) is 16.0 Å². The van der Waals surface area contributed by atoms with Crippen LogP contribution in [0.2, 0.25) is 0 Å². The van der Waals surface area contributed by atoms with E-state index in [1.54, 1.807) is 6.20 Å². The minimum absolute atomic E-state index is 0.0553. The molecular formula is C13H11BrN2OS. The molecule has 5 heteroatoms. The van der Waals surface area contributed by atoms with E-state index in [0.717, 1.165) is 22.9 Å². The monoisotopic (exact) mass is 322 g/mol. The average molecular weight is 323 g/mol. The molecule has 3 nitrogen and oxygen atoms in total. The number of hydrogen-bond donors (Lipinski definition) is 1. The largest absolute Gasteiger partial charge is 0.301 e. The van der Waals surface area contributed by atoms with Crippen LogP contribution in [0.5, 0.6) is 0 Å². The maximum absolute atomic E-state index is 12.3. The quantitative estimate of drug-likeness (QED) is 0.938. The van der Waals surface area contributed by atoms with Crippen molar-refractivity contribution >= 4 is 38.3 Å². The molecule has 3 rings (SSSR count). The van der Waals surface area contributed by atoms with Crippen LogP contribution >= 0.6 is 27.3 Å². The maximum atomic E-state index is 12.3. The summed E-state index contributed by atoms with van der Waals surface area (Å²) >= 11 is 4.85. The van der Waals surface area contributed by atoms with Crippen molar-refractivity contribution in [1.82, 2.24) is 4.98 Å². The SMILES string of the molecule is O=C(Nc1nccs1)C1(c2ccc(Br)cc2)CC1. The minimum atomic E-state index is -0.341. The number of nitrogens with one attached hydrogen (secondary N) is 1. The van der Waals surface area contributed by atoms with Crippen molar-refractivity contribution in [1.29, 1.82) is 0 Å². The van der Waals surface area contributed by atoms with Gasteiger partial charge in [0.25, 0.3) is 0 Å². The number of aromatic nitrogens is 1. The third-order valence-electron chi connectivity index (χ3n) is 3.23. The summed E-state index contributed by atoms with van der Waals surface area (Å²) in [7, 11) is 0. The number of nitrogens with zero attached hydrogens (tertiary/aromatic N) is 1. The van der Waals surface area contributed by atoms with Crippen LogP contribution in [0, 0.1) is 0 Å². The van der Waals surface area contributed by atoms with E-state index in [2.05, 4.69) is 26.2 Å². The summed E-state index contributed by atoms with van der Waals surface area (Å²) in [6, 6.07) is 7.98. The van der Waals surface area contributed by atoms with Gasteiger partial charge in [-0.1, -0.05) is 28.1 Å². The highest BCUT2D eigenvalue weighted by Gasteiger charge is 2.51. The van der Waals surface area contributed by atoms with Gasteiger partial charge in [0.15, 0.2) is 5.13 Å². The van der Waals surface area contributed by atoms with Crippen LogP contribution in [0.4, 0.5) is 5.13 Å². The van der Waals surface area contributed by atoms with E-state index in [1.165, 1.54) is 11.3 Å². The number of halogens is 1. The number of rotatable bonds is 3. The summed E-state index contributed by atoms with van der Waals surface area (Å²) in [5.74, 6) is 0.0553.